The van der Waals surface area contributed by atoms with Gasteiger partial charge in [-0.05, 0) is 26.7 Å². The van der Waals surface area contributed by atoms with Crippen LogP contribution in [-0.2, 0) is 24.2 Å². The third-order valence-electron chi connectivity index (χ3n) is 5.21. The molecule has 0 aliphatic carbocycles. The number of rotatable bonds is 7. The number of nitrogens with zero attached hydrogens (tertiary/aromatic N) is 5. The van der Waals surface area contributed by atoms with Crippen LogP contribution >= 0.6 is 24.0 Å². The molecule has 0 saturated carbocycles. The number of aryl methyl sites for hydroxylation is 1. The molecule has 29 heavy (non-hydrogen) atoms. The molecule has 0 radical (unpaired) electrons. The van der Waals surface area contributed by atoms with Crippen LogP contribution < -0.4 is 10.6 Å². The zero-order valence-corrected chi connectivity index (χ0v) is 20.0. The minimum atomic E-state index is -0.848. The van der Waals surface area contributed by atoms with Crippen LogP contribution in [0, 0.1) is 0 Å². The van der Waals surface area contributed by atoms with Crippen molar-refractivity contribution in [3.05, 3.63) is 11.6 Å². The SMILES string of the molecule is CCNC(=NCc1nnc2n1CCCCC2)NCC(C)(O)CN1CCOCC1.I. The number of aromatic nitrogens is 3. The van der Waals surface area contributed by atoms with Crippen LogP contribution in [0.1, 0.15) is 44.8 Å². The zero-order chi connectivity index (χ0) is 19.8. The van der Waals surface area contributed by atoms with E-state index in [1.807, 2.05) is 13.8 Å². The number of nitrogens with one attached hydrogen (secondary N) is 2. The summed E-state index contributed by atoms with van der Waals surface area (Å²) in [6, 6.07) is 0. The lowest BCUT2D eigenvalue weighted by molar-refractivity contribution is -0.0201. The third kappa shape index (κ3) is 7.65. The first kappa shape index (κ1) is 24.3. The topological polar surface area (TPSA) is 99.8 Å². The fourth-order valence-corrected chi connectivity index (χ4v) is 3.72. The normalized spacial score (nSPS) is 20.2. The summed E-state index contributed by atoms with van der Waals surface area (Å²) in [5.41, 5.74) is -0.848. The molecular weight excluding hydrogens is 485 g/mol. The Morgan fingerprint density at radius 2 is 1.97 bits per heavy atom. The standard InChI is InChI=1S/C19H35N7O2.HI/c1-3-20-18(22-14-19(2,27)15-25-9-11-28-12-10-25)21-13-17-24-23-16-7-5-4-6-8-26(16)17;/h27H,3-15H2,1-2H3,(H2,20,21,22);1H. The van der Waals surface area contributed by atoms with Gasteiger partial charge in [0.1, 0.15) is 12.4 Å². The molecule has 1 saturated heterocycles. The van der Waals surface area contributed by atoms with Gasteiger partial charge in [-0.1, -0.05) is 6.42 Å². The maximum Gasteiger partial charge on any atom is 0.191 e. The Balaban J connectivity index is 0.00000300. The highest BCUT2D eigenvalue weighted by molar-refractivity contribution is 14.0. The van der Waals surface area contributed by atoms with Gasteiger partial charge in [-0.25, -0.2) is 4.99 Å². The quantitative estimate of drug-likeness (QED) is 0.277. The molecule has 166 valence electrons. The first-order chi connectivity index (χ1) is 13.6. The number of guanidine groups is 1. The van der Waals surface area contributed by atoms with E-state index in [-0.39, 0.29) is 24.0 Å². The molecule has 9 nitrogen and oxygen atoms in total. The molecule has 0 bridgehead atoms. The van der Waals surface area contributed by atoms with Gasteiger partial charge < -0.3 is 25.0 Å². The van der Waals surface area contributed by atoms with Gasteiger partial charge in [0.25, 0.3) is 0 Å². The van der Waals surface area contributed by atoms with E-state index in [9.17, 15) is 5.11 Å². The summed E-state index contributed by atoms with van der Waals surface area (Å²) in [5.74, 6) is 2.68. The molecule has 1 aromatic heterocycles. The Labute approximate surface area is 190 Å². The van der Waals surface area contributed by atoms with Crippen LogP contribution in [0.5, 0.6) is 0 Å². The molecular formula is C19H36IN7O2. The van der Waals surface area contributed by atoms with Gasteiger partial charge in [0.05, 0.1) is 18.8 Å². The number of aliphatic hydroxyl groups is 1. The van der Waals surface area contributed by atoms with Crippen molar-refractivity contribution in [2.45, 2.75) is 58.2 Å². The Kier molecular flexibility index (Phi) is 10.1. The zero-order valence-electron chi connectivity index (χ0n) is 17.7. The minimum Gasteiger partial charge on any atom is -0.387 e. The Hall–Kier alpha value is -0.980. The van der Waals surface area contributed by atoms with E-state index in [1.54, 1.807) is 0 Å². The monoisotopic (exact) mass is 521 g/mol. The van der Waals surface area contributed by atoms with Crippen LogP contribution in [-0.4, -0.2) is 82.3 Å². The van der Waals surface area contributed by atoms with Crippen molar-refractivity contribution in [3.8, 4) is 0 Å². The molecule has 3 rings (SSSR count). The van der Waals surface area contributed by atoms with Gasteiger partial charge in [0.2, 0.25) is 0 Å². The van der Waals surface area contributed by atoms with Gasteiger partial charge in [-0.2, -0.15) is 0 Å². The number of fused-ring (bicyclic) bond motifs is 1. The molecule has 0 aromatic carbocycles. The number of β-amino-alcohol motifs (C(OH)–C–C–N with tert-alkyl or cyclic N) is 1. The molecule has 0 spiro atoms. The Morgan fingerprint density at radius 1 is 1.17 bits per heavy atom. The second-order valence-electron chi connectivity index (χ2n) is 7.93. The maximum atomic E-state index is 10.8. The highest BCUT2D eigenvalue weighted by atomic mass is 127. The molecule has 2 aliphatic rings. The van der Waals surface area contributed by atoms with Crippen LogP contribution in [0.25, 0.3) is 0 Å². The van der Waals surface area contributed by atoms with E-state index < -0.39 is 5.60 Å². The van der Waals surface area contributed by atoms with E-state index in [0.717, 1.165) is 57.5 Å². The minimum absolute atomic E-state index is 0. The number of hydrogen-bond donors (Lipinski definition) is 3. The lowest BCUT2D eigenvalue weighted by atomic mass is 10.1. The fourth-order valence-electron chi connectivity index (χ4n) is 3.72. The molecule has 10 heteroatoms. The number of halogens is 1. The van der Waals surface area contributed by atoms with Crippen LogP contribution in [0.3, 0.4) is 0 Å². The van der Waals surface area contributed by atoms with E-state index >= 15 is 0 Å². The second-order valence-corrected chi connectivity index (χ2v) is 7.93. The molecule has 0 amide bonds. The highest BCUT2D eigenvalue weighted by Crippen LogP contribution is 2.15. The fraction of sp³-hybridized carbons (Fsp3) is 0.842. The summed E-state index contributed by atoms with van der Waals surface area (Å²) < 4.78 is 7.59. The van der Waals surface area contributed by atoms with Crippen LogP contribution in [0.2, 0.25) is 0 Å². The van der Waals surface area contributed by atoms with Crippen molar-refractivity contribution in [1.82, 2.24) is 30.3 Å². The Bertz CT molecular complexity index is 645. The maximum absolute atomic E-state index is 10.8. The largest absolute Gasteiger partial charge is 0.387 e. The summed E-state index contributed by atoms with van der Waals surface area (Å²) in [6.45, 7) is 10.3. The van der Waals surface area contributed by atoms with Crippen molar-refractivity contribution < 1.29 is 9.84 Å². The van der Waals surface area contributed by atoms with Gasteiger partial charge >= 0.3 is 0 Å². The predicted octanol–water partition coefficient (Wildman–Crippen LogP) is 0.761. The average molecular weight is 521 g/mol. The Morgan fingerprint density at radius 3 is 2.72 bits per heavy atom. The summed E-state index contributed by atoms with van der Waals surface area (Å²) >= 11 is 0. The smallest absolute Gasteiger partial charge is 0.191 e. The average Bonchev–Trinajstić information content (AvgIpc) is 2.91. The van der Waals surface area contributed by atoms with E-state index in [0.29, 0.717) is 25.6 Å². The van der Waals surface area contributed by atoms with E-state index in [2.05, 4.69) is 35.3 Å². The lowest BCUT2D eigenvalue weighted by Gasteiger charge is -2.34. The lowest BCUT2D eigenvalue weighted by Crippen LogP contribution is -2.53. The molecule has 3 heterocycles. The van der Waals surface area contributed by atoms with Crippen molar-refractivity contribution in [1.29, 1.82) is 0 Å². The van der Waals surface area contributed by atoms with E-state index in [1.165, 1.54) is 19.3 Å². The van der Waals surface area contributed by atoms with Gasteiger partial charge in [0.15, 0.2) is 11.8 Å². The van der Waals surface area contributed by atoms with Gasteiger partial charge in [-0.15, -0.1) is 34.2 Å². The van der Waals surface area contributed by atoms with Crippen molar-refractivity contribution >= 4 is 29.9 Å². The highest BCUT2D eigenvalue weighted by Gasteiger charge is 2.25. The first-order valence-electron chi connectivity index (χ1n) is 10.5. The summed E-state index contributed by atoms with van der Waals surface area (Å²) in [4.78, 5) is 6.91. The number of morpholine rings is 1. The van der Waals surface area contributed by atoms with Crippen molar-refractivity contribution in [3.63, 3.8) is 0 Å². The summed E-state index contributed by atoms with van der Waals surface area (Å²) in [5, 5.41) is 26.0. The van der Waals surface area contributed by atoms with Crippen molar-refractivity contribution in [2.24, 2.45) is 4.99 Å². The van der Waals surface area contributed by atoms with Crippen molar-refractivity contribution in [2.75, 3.05) is 45.9 Å². The second kappa shape index (κ2) is 12.0. The van der Waals surface area contributed by atoms with Gasteiger partial charge in [-0.3, -0.25) is 4.90 Å². The van der Waals surface area contributed by atoms with Gasteiger partial charge in [0, 0.05) is 45.7 Å². The molecule has 1 atom stereocenters. The molecule has 2 aliphatic heterocycles. The van der Waals surface area contributed by atoms with E-state index in [4.69, 9.17) is 4.74 Å². The number of aliphatic imine (C=N–C) groups is 1. The molecule has 1 unspecified atom stereocenters. The van der Waals surface area contributed by atoms with Crippen LogP contribution in [0.4, 0.5) is 0 Å². The third-order valence-corrected chi connectivity index (χ3v) is 5.21. The number of ether oxygens (including phenoxy) is 1. The molecule has 1 aromatic rings. The molecule has 3 N–H and O–H groups in total. The number of hydrogen-bond acceptors (Lipinski definition) is 6. The summed E-state index contributed by atoms with van der Waals surface area (Å²) in [6.07, 6.45) is 4.60. The summed E-state index contributed by atoms with van der Waals surface area (Å²) in [7, 11) is 0. The van der Waals surface area contributed by atoms with Crippen LogP contribution in [0.15, 0.2) is 4.99 Å². The molecule has 1 fully saturated rings. The predicted molar refractivity (Wildman–Crippen MR) is 124 cm³/mol. The first-order valence-corrected chi connectivity index (χ1v) is 10.5.